The molecule has 126 valence electrons. The van der Waals surface area contributed by atoms with E-state index < -0.39 is 22.8 Å². The summed E-state index contributed by atoms with van der Waals surface area (Å²) in [7, 11) is 0. The Morgan fingerprint density at radius 1 is 1.25 bits per heavy atom. The monoisotopic (exact) mass is 358 g/mol. The number of benzene rings is 2. The molecular formula is C15H10ClF3N2O3. The minimum atomic E-state index is -4.63. The van der Waals surface area contributed by atoms with Gasteiger partial charge in [-0.15, -0.1) is 0 Å². The fraction of sp³-hybridized carbons (Fsp3) is 0.133. The average Bonchev–Trinajstić information content (AvgIpc) is 2.91. The SMILES string of the molecule is O=C(Nc1ccc(Cl)c(C(F)(F)F)c1)N1COc2cc(O)ccc21. The second-order valence-corrected chi connectivity index (χ2v) is 5.38. The zero-order valence-electron chi connectivity index (χ0n) is 11.9. The van der Waals surface area contributed by atoms with Gasteiger partial charge in [0.15, 0.2) is 6.73 Å². The number of fused-ring (bicyclic) bond motifs is 1. The van der Waals surface area contributed by atoms with Crippen LogP contribution in [0.5, 0.6) is 11.5 Å². The number of nitrogens with one attached hydrogen (secondary N) is 1. The summed E-state index contributed by atoms with van der Waals surface area (Å²) in [6.45, 7) is -0.121. The quantitative estimate of drug-likeness (QED) is 0.791. The highest BCUT2D eigenvalue weighted by atomic mass is 35.5. The summed E-state index contributed by atoms with van der Waals surface area (Å²) in [5, 5.41) is 11.3. The molecule has 1 aliphatic heterocycles. The van der Waals surface area contributed by atoms with E-state index in [0.717, 1.165) is 12.1 Å². The van der Waals surface area contributed by atoms with Crippen molar-refractivity contribution in [3.63, 3.8) is 0 Å². The third kappa shape index (κ3) is 3.05. The maximum Gasteiger partial charge on any atom is 0.417 e. The lowest BCUT2D eigenvalue weighted by Crippen LogP contribution is -2.34. The van der Waals surface area contributed by atoms with Crippen molar-refractivity contribution in [3.8, 4) is 11.5 Å². The van der Waals surface area contributed by atoms with Crippen LogP contribution in [0, 0.1) is 0 Å². The Morgan fingerprint density at radius 3 is 2.71 bits per heavy atom. The second kappa shape index (κ2) is 5.79. The first-order valence-corrected chi connectivity index (χ1v) is 7.04. The summed E-state index contributed by atoms with van der Waals surface area (Å²) in [4.78, 5) is 13.5. The van der Waals surface area contributed by atoms with E-state index in [2.05, 4.69) is 5.32 Å². The maximum atomic E-state index is 12.9. The summed E-state index contributed by atoms with van der Waals surface area (Å²) in [5.41, 5.74) is -0.691. The molecule has 0 radical (unpaired) electrons. The molecule has 5 nitrogen and oxygen atoms in total. The molecule has 0 saturated carbocycles. The van der Waals surface area contributed by atoms with E-state index in [1.54, 1.807) is 0 Å². The first kappa shape index (κ1) is 16.3. The van der Waals surface area contributed by atoms with Crippen molar-refractivity contribution < 1.29 is 27.8 Å². The molecule has 2 N–H and O–H groups in total. The first-order chi connectivity index (χ1) is 11.3. The first-order valence-electron chi connectivity index (χ1n) is 6.67. The molecule has 0 saturated heterocycles. The van der Waals surface area contributed by atoms with Crippen LogP contribution in [0.25, 0.3) is 0 Å². The van der Waals surface area contributed by atoms with Crippen molar-refractivity contribution >= 4 is 29.0 Å². The largest absolute Gasteiger partial charge is 0.508 e. The normalized spacial score (nSPS) is 13.4. The molecule has 9 heteroatoms. The molecule has 24 heavy (non-hydrogen) atoms. The van der Waals surface area contributed by atoms with Crippen LogP contribution in [0.3, 0.4) is 0 Å². The Balaban J connectivity index is 1.82. The molecule has 1 aliphatic rings. The number of alkyl halides is 3. The van der Waals surface area contributed by atoms with E-state index in [9.17, 15) is 23.1 Å². The number of hydrogen-bond acceptors (Lipinski definition) is 3. The van der Waals surface area contributed by atoms with Gasteiger partial charge in [-0.05, 0) is 30.3 Å². The van der Waals surface area contributed by atoms with Crippen LogP contribution in [0.4, 0.5) is 29.3 Å². The number of halogens is 4. The van der Waals surface area contributed by atoms with Gasteiger partial charge in [-0.2, -0.15) is 13.2 Å². The lowest BCUT2D eigenvalue weighted by Gasteiger charge is -2.17. The molecule has 0 spiro atoms. The van der Waals surface area contributed by atoms with E-state index >= 15 is 0 Å². The highest BCUT2D eigenvalue weighted by molar-refractivity contribution is 6.31. The zero-order chi connectivity index (χ0) is 17.5. The Hall–Kier alpha value is -2.61. The number of amides is 2. The number of ether oxygens (including phenoxy) is 1. The van der Waals surface area contributed by atoms with Gasteiger partial charge in [0, 0.05) is 11.8 Å². The van der Waals surface area contributed by atoms with Gasteiger partial charge in [-0.3, -0.25) is 4.90 Å². The average molecular weight is 359 g/mol. The molecular weight excluding hydrogens is 349 g/mol. The van der Waals surface area contributed by atoms with Gasteiger partial charge in [0.1, 0.15) is 11.5 Å². The zero-order valence-corrected chi connectivity index (χ0v) is 12.6. The van der Waals surface area contributed by atoms with E-state index in [0.29, 0.717) is 11.4 Å². The van der Waals surface area contributed by atoms with Crippen LogP contribution in [-0.2, 0) is 6.18 Å². The molecule has 1 heterocycles. The van der Waals surface area contributed by atoms with E-state index in [-0.39, 0.29) is 18.2 Å². The number of carbonyl (C=O) groups excluding carboxylic acids is 1. The highest BCUT2D eigenvalue weighted by Gasteiger charge is 2.34. The van der Waals surface area contributed by atoms with Gasteiger partial charge >= 0.3 is 12.2 Å². The van der Waals surface area contributed by atoms with Crippen molar-refractivity contribution in [1.82, 2.24) is 0 Å². The fourth-order valence-electron chi connectivity index (χ4n) is 2.22. The summed E-state index contributed by atoms with van der Waals surface area (Å²) in [6, 6.07) is 6.60. The smallest absolute Gasteiger partial charge is 0.417 e. The van der Waals surface area contributed by atoms with Crippen LogP contribution in [-0.4, -0.2) is 17.9 Å². The lowest BCUT2D eigenvalue weighted by atomic mass is 10.2. The summed E-state index contributed by atoms with van der Waals surface area (Å²) in [6.07, 6.45) is -4.63. The Morgan fingerprint density at radius 2 is 2.00 bits per heavy atom. The van der Waals surface area contributed by atoms with E-state index in [1.165, 1.54) is 29.2 Å². The number of urea groups is 1. The molecule has 0 fully saturated rings. The number of phenols is 1. The van der Waals surface area contributed by atoms with Gasteiger partial charge in [-0.1, -0.05) is 11.6 Å². The predicted octanol–water partition coefficient (Wildman–Crippen LogP) is 4.45. The maximum absolute atomic E-state index is 12.9. The summed E-state index contributed by atoms with van der Waals surface area (Å²) in [5.74, 6) is 0.278. The number of phenolic OH excluding ortho intramolecular Hbond substituents is 1. The van der Waals surface area contributed by atoms with Crippen molar-refractivity contribution in [2.45, 2.75) is 6.18 Å². The third-order valence-electron chi connectivity index (χ3n) is 3.35. The molecule has 0 aromatic heterocycles. The minimum Gasteiger partial charge on any atom is -0.508 e. The van der Waals surface area contributed by atoms with Crippen molar-refractivity contribution in [2.75, 3.05) is 16.9 Å². The number of hydrogen-bond donors (Lipinski definition) is 2. The van der Waals surface area contributed by atoms with E-state index in [1.807, 2.05) is 0 Å². The third-order valence-corrected chi connectivity index (χ3v) is 3.68. The number of carbonyl (C=O) groups is 1. The number of rotatable bonds is 1. The van der Waals surface area contributed by atoms with Gasteiger partial charge in [0.2, 0.25) is 0 Å². The molecule has 0 aliphatic carbocycles. The number of aromatic hydroxyl groups is 1. The fourth-order valence-corrected chi connectivity index (χ4v) is 2.45. The Labute approximate surface area is 139 Å². The molecule has 0 atom stereocenters. The van der Waals surface area contributed by atoms with Crippen molar-refractivity contribution in [2.24, 2.45) is 0 Å². The molecule has 2 aromatic carbocycles. The summed E-state index contributed by atoms with van der Waals surface area (Å²) >= 11 is 5.54. The second-order valence-electron chi connectivity index (χ2n) is 4.98. The number of nitrogens with zero attached hydrogens (tertiary/aromatic N) is 1. The van der Waals surface area contributed by atoms with Crippen LogP contribution in [0.2, 0.25) is 5.02 Å². The van der Waals surface area contributed by atoms with Crippen LogP contribution < -0.4 is 15.0 Å². The minimum absolute atomic E-state index is 0.0245. The van der Waals surface area contributed by atoms with Crippen molar-refractivity contribution in [3.05, 3.63) is 47.0 Å². The molecule has 2 amide bonds. The Kier molecular flexibility index (Phi) is 3.92. The Bertz CT molecular complexity index is 811. The van der Waals surface area contributed by atoms with Gasteiger partial charge < -0.3 is 15.2 Å². The summed E-state index contributed by atoms with van der Waals surface area (Å²) < 4.78 is 43.8. The van der Waals surface area contributed by atoms with Gasteiger partial charge in [-0.25, -0.2) is 4.79 Å². The number of anilines is 2. The highest BCUT2D eigenvalue weighted by Crippen LogP contribution is 2.38. The van der Waals surface area contributed by atoms with Crippen LogP contribution in [0.15, 0.2) is 36.4 Å². The molecule has 0 bridgehead atoms. The van der Waals surface area contributed by atoms with Gasteiger partial charge in [0.25, 0.3) is 0 Å². The standard InChI is InChI=1S/C15H10ClF3N2O3/c16-11-3-1-8(5-10(11)15(17,18)19)20-14(23)21-7-24-13-6-9(22)2-4-12(13)21/h1-6,22H,7H2,(H,20,23). The lowest BCUT2D eigenvalue weighted by molar-refractivity contribution is -0.137. The topological polar surface area (TPSA) is 61.8 Å². The van der Waals surface area contributed by atoms with Crippen LogP contribution >= 0.6 is 11.6 Å². The van der Waals surface area contributed by atoms with E-state index in [4.69, 9.17) is 16.3 Å². The van der Waals surface area contributed by atoms with Crippen LogP contribution in [0.1, 0.15) is 5.56 Å². The predicted molar refractivity (Wildman–Crippen MR) is 81.6 cm³/mol. The molecule has 0 unspecified atom stereocenters. The van der Waals surface area contributed by atoms with Crippen molar-refractivity contribution in [1.29, 1.82) is 0 Å². The van der Waals surface area contributed by atoms with Gasteiger partial charge in [0.05, 0.1) is 16.3 Å². The molecule has 3 rings (SSSR count). The molecule has 2 aromatic rings.